The number of hydrogen-bond acceptors (Lipinski definition) is 9. The number of benzene rings is 2. The molecule has 0 fully saturated rings. The van der Waals surface area contributed by atoms with Gasteiger partial charge in [0.05, 0.1) is 5.56 Å². The SMILES string of the molecule is Cc1nc2cc(CNC(=O)c3cc(C(=O)N[C@@H](C(N)=O)c4ccc(C(=O)O)cc4)nc4n[nH]c(=O)n34)ccc2o1. The molecule has 1 atom stereocenters. The van der Waals surface area contributed by atoms with E-state index in [2.05, 4.69) is 30.8 Å². The van der Waals surface area contributed by atoms with Crippen LogP contribution in [0.25, 0.3) is 16.9 Å². The summed E-state index contributed by atoms with van der Waals surface area (Å²) in [7, 11) is 0. The standard InChI is InChI=1S/C25H20N8O7/c1-11-28-15-8-12(2-7-18(15)40-11)10-27-22(36)17-9-16(29-24-31-32-25(39)33(17)24)21(35)30-19(20(26)34)13-3-5-14(6-4-13)23(37)38/h2-9,19H,10H2,1H3,(H2,26,34)(H,27,36)(H,30,35)(H,32,39)(H,37,38)/t19-/m1/s1. The quantitative estimate of drug-likeness (QED) is 0.181. The third-order valence-corrected chi connectivity index (χ3v) is 5.92. The first-order valence-corrected chi connectivity index (χ1v) is 11.7. The lowest BCUT2D eigenvalue weighted by Crippen LogP contribution is -2.38. The topological polar surface area (TPSA) is 228 Å². The number of oxazole rings is 1. The fourth-order valence-corrected chi connectivity index (χ4v) is 4.01. The number of nitrogens with one attached hydrogen (secondary N) is 3. The minimum atomic E-state index is -1.35. The van der Waals surface area contributed by atoms with E-state index in [1.54, 1.807) is 25.1 Å². The molecule has 5 aromatic rings. The summed E-state index contributed by atoms with van der Waals surface area (Å²) in [5.74, 6) is -3.47. The third kappa shape index (κ3) is 4.98. The maximum Gasteiger partial charge on any atom is 0.349 e. The van der Waals surface area contributed by atoms with Crippen molar-refractivity contribution in [2.45, 2.75) is 19.5 Å². The number of aromatic amines is 1. The van der Waals surface area contributed by atoms with Gasteiger partial charge in [0.25, 0.3) is 17.6 Å². The lowest BCUT2D eigenvalue weighted by Gasteiger charge is -2.16. The second kappa shape index (κ2) is 10.1. The highest BCUT2D eigenvalue weighted by Gasteiger charge is 2.25. The molecule has 3 amide bonds. The van der Waals surface area contributed by atoms with Crippen LogP contribution in [0.5, 0.6) is 0 Å². The smallest absolute Gasteiger partial charge is 0.349 e. The zero-order valence-corrected chi connectivity index (χ0v) is 20.7. The molecule has 0 aliphatic carbocycles. The molecule has 0 saturated carbocycles. The average molecular weight is 544 g/mol. The Morgan fingerprint density at radius 1 is 1.07 bits per heavy atom. The van der Waals surface area contributed by atoms with E-state index >= 15 is 0 Å². The van der Waals surface area contributed by atoms with E-state index in [0.29, 0.717) is 22.6 Å². The number of amides is 3. The molecule has 40 heavy (non-hydrogen) atoms. The van der Waals surface area contributed by atoms with Gasteiger partial charge in [0, 0.05) is 13.5 Å². The van der Waals surface area contributed by atoms with Crippen LogP contribution in [-0.2, 0) is 11.3 Å². The van der Waals surface area contributed by atoms with Gasteiger partial charge in [0.15, 0.2) is 11.5 Å². The molecule has 15 nitrogen and oxygen atoms in total. The maximum absolute atomic E-state index is 13.1. The molecule has 0 aliphatic rings. The average Bonchev–Trinajstić information content (AvgIpc) is 3.50. The maximum atomic E-state index is 13.1. The van der Waals surface area contributed by atoms with Crippen LogP contribution in [0.3, 0.4) is 0 Å². The molecule has 3 aromatic heterocycles. The number of carbonyl (C=O) groups excluding carboxylic acids is 3. The molecule has 0 spiro atoms. The molecule has 0 bridgehead atoms. The van der Waals surface area contributed by atoms with Crippen molar-refractivity contribution in [3.05, 3.63) is 93.0 Å². The number of carboxylic acid groups (broad SMARTS) is 1. The summed E-state index contributed by atoms with van der Waals surface area (Å²) in [5.41, 5.74) is 6.25. The third-order valence-electron chi connectivity index (χ3n) is 5.92. The van der Waals surface area contributed by atoms with Gasteiger partial charge in [0.1, 0.15) is 22.9 Å². The lowest BCUT2D eigenvalue weighted by molar-refractivity contribution is -0.120. The normalized spacial score (nSPS) is 11.8. The van der Waals surface area contributed by atoms with Gasteiger partial charge in [-0.3, -0.25) is 14.4 Å². The first-order chi connectivity index (χ1) is 19.1. The van der Waals surface area contributed by atoms with Gasteiger partial charge >= 0.3 is 11.7 Å². The number of aryl methyl sites for hydroxylation is 1. The van der Waals surface area contributed by atoms with E-state index in [-0.39, 0.29) is 34.8 Å². The van der Waals surface area contributed by atoms with Gasteiger partial charge in [-0.2, -0.15) is 0 Å². The second-order valence-electron chi connectivity index (χ2n) is 8.64. The number of hydrogen-bond donors (Lipinski definition) is 5. The molecule has 2 aromatic carbocycles. The van der Waals surface area contributed by atoms with Gasteiger partial charge in [-0.15, -0.1) is 5.10 Å². The van der Waals surface area contributed by atoms with E-state index < -0.39 is 35.4 Å². The van der Waals surface area contributed by atoms with Crippen molar-refractivity contribution >= 4 is 40.6 Å². The van der Waals surface area contributed by atoms with Crippen LogP contribution in [0.2, 0.25) is 0 Å². The Balaban J connectivity index is 1.41. The first-order valence-electron chi connectivity index (χ1n) is 11.7. The molecule has 0 unspecified atom stereocenters. The van der Waals surface area contributed by atoms with Crippen molar-refractivity contribution < 1.29 is 28.7 Å². The van der Waals surface area contributed by atoms with E-state index in [1.807, 2.05) is 0 Å². The van der Waals surface area contributed by atoms with Crippen molar-refractivity contribution in [2.75, 3.05) is 0 Å². The first kappa shape index (κ1) is 25.8. The van der Waals surface area contributed by atoms with Crippen LogP contribution >= 0.6 is 0 Å². The monoisotopic (exact) mass is 544 g/mol. The number of H-pyrrole nitrogens is 1. The Bertz CT molecular complexity index is 1870. The summed E-state index contributed by atoms with van der Waals surface area (Å²) >= 11 is 0. The summed E-state index contributed by atoms with van der Waals surface area (Å²) in [4.78, 5) is 70.1. The highest BCUT2D eigenvalue weighted by Crippen LogP contribution is 2.18. The van der Waals surface area contributed by atoms with Crippen LogP contribution in [0.1, 0.15) is 54.4 Å². The lowest BCUT2D eigenvalue weighted by atomic mass is 10.0. The fourth-order valence-electron chi connectivity index (χ4n) is 4.01. The molecule has 0 saturated heterocycles. The highest BCUT2D eigenvalue weighted by molar-refractivity contribution is 6.00. The Kier molecular flexibility index (Phi) is 6.53. The predicted molar refractivity (Wildman–Crippen MR) is 136 cm³/mol. The number of carbonyl (C=O) groups is 4. The summed E-state index contributed by atoms with van der Waals surface area (Å²) in [6.07, 6.45) is 0. The van der Waals surface area contributed by atoms with Crippen molar-refractivity contribution in [1.82, 2.24) is 35.2 Å². The van der Waals surface area contributed by atoms with Crippen molar-refractivity contribution in [1.29, 1.82) is 0 Å². The molecule has 202 valence electrons. The van der Waals surface area contributed by atoms with Gasteiger partial charge < -0.3 is 25.9 Å². The Hall–Kier alpha value is -5.86. The molecule has 15 heteroatoms. The van der Waals surface area contributed by atoms with Crippen molar-refractivity contribution in [3.8, 4) is 0 Å². The fraction of sp³-hybridized carbons (Fsp3) is 0.120. The minimum Gasteiger partial charge on any atom is -0.478 e. The molecule has 5 rings (SSSR count). The zero-order valence-electron chi connectivity index (χ0n) is 20.7. The number of rotatable bonds is 8. The molecule has 0 aliphatic heterocycles. The summed E-state index contributed by atoms with van der Waals surface area (Å²) < 4.78 is 6.34. The number of carboxylic acids is 1. The summed E-state index contributed by atoms with van der Waals surface area (Å²) in [5, 5.41) is 20.1. The van der Waals surface area contributed by atoms with Gasteiger partial charge in [-0.05, 0) is 41.5 Å². The van der Waals surface area contributed by atoms with Gasteiger partial charge in [-0.1, -0.05) is 18.2 Å². The van der Waals surface area contributed by atoms with Gasteiger partial charge in [-0.25, -0.2) is 29.1 Å². The van der Waals surface area contributed by atoms with E-state index in [0.717, 1.165) is 10.5 Å². The second-order valence-corrected chi connectivity index (χ2v) is 8.64. The number of fused-ring (bicyclic) bond motifs is 2. The van der Waals surface area contributed by atoms with Crippen molar-refractivity contribution in [2.24, 2.45) is 5.73 Å². The molecular formula is C25H20N8O7. The zero-order chi connectivity index (χ0) is 28.6. The minimum absolute atomic E-state index is 0.0268. The van der Waals surface area contributed by atoms with Crippen molar-refractivity contribution in [3.63, 3.8) is 0 Å². The largest absolute Gasteiger partial charge is 0.478 e. The molecule has 3 heterocycles. The number of nitrogens with two attached hydrogens (primary N) is 1. The number of aromatic nitrogens is 5. The van der Waals surface area contributed by atoms with Crippen LogP contribution in [0, 0.1) is 6.92 Å². The Labute approximate surface area is 223 Å². The van der Waals surface area contributed by atoms with Gasteiger partial charge in [0.2, 0.25) is 5.91 Å². The van der Waals surface area contributed by atoms with Crippen LogP contribution in [-0.4, -0.2) is 53.4 Å². The molecule has 0 radical (unpaired) electrons. The highest BCUT2D eigenvalue weighted by atomic mass is 16.4. The van der Waals surface area contributed by atoms with E-state index in [9.17, 15) is 24.0 Å². The summed E-state index contributed by atoms with van der Waals surface area (Å²) in [6, 6.07) is 10.1. The van der Waals surface area contributed by atoms with E-state index in [1.165, 1.54) is 24.3 Å². The number of nitrogens with zero attached hydrogens (tertiary/aromatic N) is 4. The number of primary amides is 1. The van der Waals surface area contributed by atoms with Crippen LogP contribution in [0.15, 0.2) is 57.7 Å². The number of aromatic carboxylic acids is 1. The molecular weight excluding hydrogens is 524 g/mol. The molecule has 6 N–H and O–H groups in total. The Morgan fingerprint density at radius 3 is 2.52 bits per heavy atom. The van der Waals surface area contributed by atoms with Crippen LogP contribution < -0.4 is 22.1 Å². The Morgan fingerprint density at radius 2 is 1.82 bits per heavy atom. The van der Waals surface area contributed by atoms with Crippen LogP contribution in [0.4, 0.5) is 0 Å². The van der Waals surface area contributed by atoms with E-state index in [4.69, 9.17) is 15.3 Å². The predicted octanol–water partition coefficient (Wildman–Crippen LogP) is 0.452. The summed E-state index contributed by atoms with van der Waals surface area (Å²) in [6.45, 7) is 1.78.